The van der Waals surface area contributed by atoms with Crippen LogP contribution in [0, 0.1) is 0 Å². The van der Waals surface area contributed by atoms with Gasteiger partial charge in [0.25, 0.3) is 0 Å². The molecular formula is C12H15BF3NO3. The first-order valence-electron chi connectivity index (χ1n) is 6.10. The molecule has 0 radical (unpaired) electrons. The van der Waals surface area contributed by atoms with E-state index >= 15 is 0 Å². The Bertz CT molecular complexity index is 564. The van der Waals surface area contributed by atoms with Crippen LogP contribution in [-0.4, -0.2) is 23.3 Å². The summed E-state index contributed by atoms with van der Waals surface area (Å²) in [7, 11) is -1.26. The number of pyridine rings is 1. The molecule has 1 saturated heterocycles. The molecule has 110 valence electrons. The summed E-state index contributed by atoms with van der Waals surface area (Å²) in [5, 5.41) is 0. The van der Waals surface area contributed by atoms with Gasteiger partial charge in [0.2, 0.25) is 0 Å². The van der Waals surface area contributed by atoms with Crippen LogP contribution < -0.4 is 11.0 Å². The smallest absolute Gasteiger partial charge is 0.398 e. The maximum Gasteiger partial charge on any atom is 0.512 e. The Morgan fingerprint density at radius 1 is 1.15 bits per heavy atom. The minimum atomic E-state index is -4.77. The van der Waals surface area contributed by atoms with Gasteiger partial charge in [0.05, 0.1) is 16.8 Å². The lowest BCUT2D eigenvalue weighted by Crippen LogP contribution is -2.44. The number of hydrogen-bond donors (Lipinski definition) is 1. The van der Waals surface area contributed by atoms with Crippen molar-refractivity contribution in [3.05, 3.63) is 28.0 Å². The Balaban J connectivity index is 2.52. The molecule has 1 N–H and O–H groups in total. The summed E-state index contributed by atoms with van der Waals surface area (Å²) >= 11 is 0. The molecular weight excluding hydrogens is 274 g/mol. The zero-order valence-corrected chi connectivity index (χ0v) is 11.6. The van der Waals surface area contributed by atoms with Crippen LogP contribution in [-0.2, 0) is 15.5 Å². The quantitative estimate of drug-likeness (QED) is 0.800. The van der Waals surface area contributed by atoms with E-state index in [4.69, 9.17) is 9.31 Å². The first-order chi connectivity index (χ1) is 8.96. The first kappa shape index (κ1) is 15.1. The van der Waals surface area contributed by atoms with Crippen LogP contribution in [0.2, 0.25) is 0 Å². The number of aromatic nitrogens is 1. The van der Waals surface area contributed by atoms with Crippen LogP contribution in [0.5, 0.6) is 0 Å². The van der Waals surface area contributed by atoms with Gasteiger partial charge in [-0.15, -0.1) is 0 Å². The van der Waals surface area contributed by atoms with Crippen LogP contribution >= 0.6 is 0 Å². The van der Waals surface area contributed by atoms with Gasteiger partial charge in [-0.3, -0.25) is 4.79 Å². The van der Waals surface area contributed by atoms with E-state index in [0.29, 0.717) is 0 Å². The van der Waals surface area contributed by atoms with E-state index in [1.165, 1.54) is 0 Å². The van der Waals surface area contributed by atoms with E-state index < -0.39 is 41.1 Å². The number of rotatable bonds is 1. The molecule has 1 aliphatic rings. The van der Waals surface area contributed by atoms with Crippen molar-refractivity contribution in [3.8, 4) is 0 Å². The Labute approximate surface area is 114 Å². The second-order valence-electron chi connectivity index (χ2n) is 5.72. The molecule has 0 aliphatic carbocycles. The monoisotopic (exact) mass is 289 g/mol. The van der Waals surface area contributed by atoms with Crippen LogP contribution in [0.25, 0.3) is 0 Å². The molecule has 8 heteroatoms. The standard InChI is InChI=1S/C12H15BF3NO3/c1-10(2)11(3,4)20-13(19-10)9-8(12(14,15)16)7(18)5-6-17-9/h5-6H,1-4H3,(H,17,18). The Kier molecular flexibility index (Phi) is 3.30. The molecule has 0 aromatic carbocycles. The average Bonchev–Trinajstić information content (AvgIpc) is 2.46. The molecule has 1 fully saturated rings. The third-order valence-electron chi connectivity index (χ3n) is 3.76. The van der Waals surface area contributed by atoms with Crippen LogP contribution in [0.1, 0.15) is 33.3 Å². The molecule has 1 aromatic heterocycles. The Morgan fingerprint density at radius 3 is 2.10 bits per heavy atom. The third kappa shape index (κ3) is 2.38. The molecule has 4 nitrogen and oxygen atoms in total. The number of nitrogens with one attached hydrogen (secondary N) is 1. The summed E-state index contributed by atoms with van der Waals surface area (Å²) in [4.78, 5) is 13.9. The molecule has 0 amide bonds. The summed E-state index contributed by atoms with van der Waals surface area (Å²) in [6, 6.07) is 0.831. The highest BCUT2D eigenvalue weighted by molar-refractivity contribution is 6.61. The third-order valence-corrected chi connectivity index (χ3v) is 3.76. The van der Waals surface area contributed by atoms with Crippen molar-refractivity contribution in [1.82, 2.24) is 4.98 Å². The fourth-order valence-electron chi connectivity index (χ4n) is 1.93. The van der Waals surface area contributed by atoms with Gasteiger partial charge in [0.15, 0.2) is 5.43 Å². The fraction of sp³-hybridized carbons (Fsp3) is 0.583. The van der Waals surface area contributed by atoms with Crippen LogP contribution in [0.3, 0.4) is 0 Å². The first-order valence-corrected chi connectivity index (χ1v) is 6.10. The van der Waals surface area contributed by atoms with E-state index in [-0.39, 0.29) is 0 Å². The van der Waals surface area contributed by atoms with Gasteiger partial charge in [0, 0.05) is 12.3 Å². The highest BCUT2D eigenvalue weighted by atomic mass is 19.4. The second-order valence-corrected chi connectivity index (χ2v) is 5.72. The minimum absolute atomic E-state index is 0.399. The molecule has 0 bridgehead atoms. The van der Waals surface area contributed by atoms with E-state index in [1.54, 1.807) is 27.7 Å². The SMILES string of the molecule is CC1(C)OB(c2[nH]ccc(=O)c2C(F)(F)F)OC1(C)C. The highest BCUT2D eigenvalue weighted by Gasteiger charge is 2.54. The fourth-order valence-corrected chi connectivity index (χ4v) is 1.93. The van der Waals surface area contributed by atoms with E-state index in [0.717, 1.165) is 12.3 Å². The number of hydrogen-bond acceptors (Lipinski definition) is 3. The van der Waals surface area contributed by atoms with Crippen LogP contribution in [0.4, 0.5) is 13.2 Å². The zero-order valence-electron chi connectivity index (χ0n) is 11.6. The number of aromatic amines is 1. The van der Waals surface area contributed by atoms with Crippen molar-refractivity contribution in [3.63, 3.8) is 0 Å². The molecule has 2 heterocycles. The topological polar surface area (TPSA) is 51.3 Å². The van der Waals surface area contributed by atoms with Crippen molar-refractivity contribution >= 4 is 12.7 Å². The maximum absolute atomic E-state index is 13.0. The van der Waals surface area contributed by atoms with Crippen molar-refractivity contribution in [2.24, 2.45) is 0 Å². The lowest BCUT2D eigenvalue weighted by Gasteiger charge is -2.32. The Hall–Kier alpha value is -1.28. The lowest BCUT2D eigenvalue weighted by atomic mass is 9.80. The maximum atomic E-state index is 13.0. The van der Waals surface area contributed by atoms with Crippen molar-refractivity contribution in [2.75, 3.05) is 0 Å². The van der Waals surface area contributed by atoms with E-state index in [1.807, 2.05) is 0 Å². The number of H-pyrrole nitrogens is 1. The van der Waals surface area contributed by atoms with Gasteiger partial charge >= 0.3 is 13.3 Å². The summed E-state index contributed by atoms with van der Waals surface area (Å²) in [5.74, 6) is 0. The molecule has 0 saturated carbocycles. The van der Waals surface area contributed by atoms with Gasteiger partial charge in [-0.1, -0.05) is 0 Å². The van der Waals surface area contributed by atoms with Crippen molar-refractivity contribution < 1.29 is 22.5 Å². The summed E-state index contributed by atoms with van der Waals surface area (Å²) < 4.78 is 50.1. The average molecular weight is 289 g/mol. The van der Waals surface area contributed by atoms with Crippen molar-refractivity contribution in [2.45, 2.75) is 45.1 Å². The molecule has 2 rings (SSSR count). The minimum Gasteiger partial charge on any atom is -0.398 e. The summed E-state index contributed by atoms with van der Waals surface area (Å²) in [6.45, 7) is 6.89. The van der Waals surface area contributed by atoms with Gasteiger partial charge in [-0.2, -0.15) is 13.2 Å². The number of alkyl halides is 3. The highest BCUT2D eigenvalue weighted by Crippen LogP contribution is 2.37. The molecule has 0 spiro atoms. The van der Waals surface area contributed by atoms with Gasteiger partial charge in [-0.25, -0.2) is 0 Å². The summed E-state index contributed by atoms with van der Waals surface area (Å²) in [6.07, 6.45) is -3.62. The van der Waals surface area contributed by atoms with E-state index in [9.17, 15) is 18.0 Å². The molecule has 0 unspecified atom stereocenters. The lowest BCUT2D eigenvalue weighted by molar-refractivity contribution is -0.137. The molecule has 1 aromatic rings. The molecule has 20 heavy (non-hydrogen) atoms. The normalized spacial score (nSPS) is 21.2. The second kappa shape index (κ2) is 4.36. The van der Waals surface area contributed by atoms with Crippen molar-refractivity contribution in [1.29, 1.82) is 0 Å². The predicted octanol–water partition coefficient (Wildman–Crippen LogP) is 1.69. The predicted molar refractivity (Wildman–Crippen MR) is 67.8 cm³/mol. The zero-order chi connectivity index (χ0) is 15.3. The molecule has 1 aliphatic heterocycles. The van der Waals surface area contributed by atoms with Gasteiger partial charge < -0.3 is 14.3 Å². The largest absolute Gasteiger partial charge is 0.512 e. The number of halogens is 3. The van der Waals surface area contributed by atoms with E-state index in [2.05, 4.69) is 4.98 Å². The van der Waals surface area contributed by atoms with Crippen LogP contribution in [0.15, 0.2) is 17.1 Å². The summed E-state index contributed by atoms with van der Waals surface area (Å²) in [5.41, 5.74) is -4.36. The molecule has 0 atom stereocenters. The van der Waals surface area contributed by atoms with Gasteiger partial charge in [-0.05, 0) is 27.7 Å². The van der Waals surface area contributed by atoms with Gasteiger partial charge in [0.1, 0.15) is 5.56 Å². The Morgan fingerprint density at radius 2 is 1.65 bits per heavy atom.